The number of benzene rings is 1. The Kier molecular flexibility index (Phi) is 4.82. The third kappa shape index (κ3) is 3.88. The van der Waals surface area contributed by atoms with Crippen molar-refractivity contribution in [2.45, 2.75) is 19.3 Å². The number of pyridine rings is 1. The molecule has 1 atom stereocenters. The summed E-state index contributed by atoms with van der Waals surface area (Å²) in [6, 6.07) is 12.8. The Balaban J connectivity index is 1.81. The van der Waals surface area contributed by atoms with Gasteiger partial charge in [-0.25, -0.2) is 4.98 Å². The Morgan fingerprint density at radius 2 is 2.00 bits per heavy atom. The molecule has 2 aromatic rings. The van der Waals surface area contributed by atoms with E-state index in [0.29, 0.717) is 18.0 Å². The van der Waals surface area contributed by atoms with Gasteiger partial charge in [0, 0.05) is 12.7 Å². The van der Waals surface area contributed by atoms with Crippen molar-refractivity contribution in [1.82, 2.24) is 10.3 Å². The minimum Gasteiger partial charge on any atom is -0.352 e. The number of hydrogen-bond acceptors (Lipinski definition) is 2. The van der Waals surface area contributed by atoms with Gasteiger partial charge in [-0.1, -0.05) is 37.3 Å². The third-order valence-corrected chi connectivity index (χ3v) is 3.22. The van der Waals surface area contributed by atoms with E-state index in [1.807, 2.05) is 18.2 Å². The van der Waals surface area contributed by atoms with Gasteiger partial charge in [0.1, 0.15) is 0 Å². The fourth-order valence-corrected chi connectivity index (χ4v) is 1.96. The maximum absolute atomic E-state index is 12.7. The second-order valence-electron chi connectivity index (χ2n) is 4.73. The van der Waals surface area contributed by atoms with Crippen LogP contribution < -0.4 is 5.32 Å². The number of rotatable bonds is 5. The lowest BCUT2D eigenvalue weighted by Crippen LogP contribution is -2.25. The van der Waals surface area contributed by atoms with Crippen LogP contribution in [0.1, 0.15) is 35.2 Å². The van der Waals surface area contributed by atoms with Crippen LogP contribution in [0.5, 0.6) is 0 Å². The molecule has 1 N–H and O–H groups in total. The Morgan fingerprint density at radius 1 is 1.25 bits per heavy atom. The molecule has 0 aliphatic carbocycles. The Labute approximate surface area is 117 Å². The zero-order valence-electron chi connectivity index (χ0n) is 11.3. The zero-order valence-corrected chi connectivity index (χ0v) is 11.3. The van der Waals surface area contributed by atoms with E-state index >= 15 is 0 Å². The van der Waals surface area contributed by atoms with E-state index in [1.165, 1.54) is 23.9 Å². The summed E-state index contributed by atoms with van der Waals surface area (Å²) in [5, 5.41) is 2.82. The lowest BCUT2D eigenvalue weighted by Gasteiger charge is -2.12. The van der Waals surface area contributed by atoms with Crippen LogP contribution in [0.3, 0.4) is 0 Å². The molecule has 1 heterocycles. The summed E-state index contributed by atoms with van der Waals surface area (Å²) in [7, 11) is 0. The highest BCUT2D eigenvalue weighted by Gasteiger charge is 2.08. The van der Waals surface area contributed by atoms with Crippen molar-refractivity contribution in [3.8, 4) is 0 Å². The van der Waals surface area contributed by atoms with Crippen molar-refractivity contribution >= 4 is 5.91 Å². The smallest absolute Gasteiger partial charge is 0.252 e. The Morgan fingerprint density at radius 3 is 2.65 bits per heavy atom. The largest absolute Gasteiger partial charge is 0.352 e. The quantitative estimate of drug-likeness (QED) is 0.850. The van der Waals surface area contributed by atoms with Crippen molar-refractivity contribution in [3.63, 3.8) is 0 Å². The van der Waals surface area contributed by atoms with Gasteiger partial charge in [-0.15, -0.1) is 0 Å². The molecule has 4 heteroatoms. The van der Waals surface area contributed by atoms with Crippen LogP contribution in [-0.4, -0.2) is 17.4 Å². The first kappa shape index (κ1) is 14.2. The molecule has 0 saturated heterocycles. The molecule has 20 heavy (non-hydrogen) atoms. The van der Waals surface area contributed by atoms with Gasteiger partial charge in [-0.3, -0.25) is 4.79 Å². The van der Waals surface area contributed by atoms with Gasteiger partial charge in [-0.2, -0.15) is 4.39 Å². The van der Waals surface area contributed by atoms with Crippen LogP contribution in [0.2, 0.25) is 0 Å². The fraction of sp³-hybridized carbons (Fsp3) is 0.250. The first-order valence-electron chi connectivity index (χ1n) is 6.61. The average Bonchev–Trinajstić information content (AvgIpc) is 2.48. The molecule has 3 nitrogen and oxygen atoms in total. The summed E-state index contributed by atoms with van der Waals surface area (Å²) < 4.78 is 12.7. The molecule has 1 unspecified atom stereocenters. The number of halogens is 1. The average molecular weight is 272 g/mol. The molecule has 2 rings (SSSR count). The zero-order chi connectivity index (χ0) is 14.4. The van der Waals surface area contributed by atoms with Gasteiger partial charge in [0.25, 0.3) is 5.91 Å². The first-order chi connectivity index (χ1) is 9.66. The number of nitrogens with one attached hydrogen (secondary N) is 1. The van der Waals surface area contributed by atoms with Crippen LogP contribution in [0.4, 0.5) is 4.39 Å². The van der Waals surface area contributed by atoms with Crippen LogP contribution in [0.25, 0.3) is 0 Å². The number of nitrogens with zero attached hydrogens (tertiary/aromatic N) is 1. The molecular formula is C16H17FN2O. The van der Waals surface area contributed by atoms with E-state index in [-0.39, 0.29) is 5.91 Å². The van der Waals surface area contributed by atoms with Crippen molar-refractivity contribution in [2.24, 2.45) is 0 Å². The molecule has 0 radical (unpaired) electrons. The summed E-state index contributed by atoms with van der Waals surface area (Å²) in [6.07, 6.45) is 2.09. The molecule has 0 aliphatic rings. The SMILES string of the molecule is CC(CCNC(=O)c1ccc(F)nc1)c1ccccc1. The van der Waals surface area contributed by atoms with Gasteiger partial charge in [-0.05, 0) is 30.0 Å². The first-order valence-corrected chi connectivity index (χ1v) is 6.61. The van der Waals surface area contributed by atoms with Gasteiger partial charge in [0.05, 0.1) is 5.56 Å². The number of aromatic nitrogens is 1. The summed E-state index contributed by atoms with van der Waals surface area (Å²) in [4.78, 5) is 15.3. The van der Waals surface area contributed by atoms with Crippen molar-refractivity contribution in [2.75, 3.05) is 6.54 Å². The molecule has 0 spiro atoms. The lowest BCUT2D eigenvalue weighted by atomic mass is 9.98. The third-order valence-electron chi connectivity index (χ3n) is 3.22. The molecule has 104 valence electrons. The predicted molar refractivity (Wildman–Crippen MR) is 76.0 cm³/mol. The number of hydrogen-bond donors (Lipinski definition) is 1. The maximum Gasteiger partial charge on any atom is 0.252 e. The predicted octanol–water partition coefficient (Wildman–Crippen LogP) is 3.14. The molecule has 0 saturated carbocycles. The summed E-state index contributed by atoms with van der Waals surface area (Å²) in [5.41, 5.74) is 1.63. The van der Waals surface area contributed by atoms with Crippen LogP contribution in [0, 0.1) is 5.95 Å². The van der Waals surface area contributed by atoms with Crippen molar-refractivity contribution < 1.29 is 9.18 Å². The van der Waals surface area contributed by atoms with E-state index < -0.39 is 5.95 Å². The highest BCUT2D eigenvalue weighted by molar-refractivity contribution is 5.93. The summed E-state index contributed by atoms with van der Waals surface area (Å²) in [6.45, 7) is 2.70. The summed E-state index contributed by atoms with van der Waals surface area (Å²) in [5.74, 6) is -0.431. The van der Waals surface area contributed by atoms with E-state index in [4.69, 9.17) is 0 Å². The van der Waals surface area contributed by atoms with E-state index in [9.17, 15) is 9.18 Å². The highest BCUT2D eigenvalue weighted by Crippen LogP contribution is 2.17. The van der Waals surface area contributed by atoms with Crippen LogP contribution in [0.15, 0.2) is 48.7 Å². The Bertz CT molecular complexity index is 554. The van der Waals surface area contributed by atoms with Crippen molar-refractivity contribution in [1.29, 1.82) is 0 Å². The standard InChI is InChI=1S/C16H17FN2O/c1-12(13-5-3-2-4-6-13)9-10-18-16(20)14-7-8-15(17)19-11-14/h2-8,11-12H,9-10H2,1H3,(H,18,20). The molecule has 0 aliphatic heterocycles. The summed E-state index contributed by atoms with van der Waals surface area (Å²) >= 11 is 0. The van der Waals surface area contributed by atoms with Gasteiger partial charge in [0.15, 0.2) is 0 Å². The maximum atomic E-state index is 12.7. The Hall–Kier alpha value is -2.23. The second-order valence-corrected chi connectivity index (χ2v) is 4.73. The van der Waals surface area contributed by atoms with Gasteiger partial charge >= 0.3 is 0 Å². The van der Waals surface area contributed by atoms with E-state index in [0.717, 1.165) is 6.42 Å². The van der Waals surface area contributed by atoms with Gasteiger partial charge < -0.3 is 5.32 Å². The molecule has 1 amide bonds. The fourth-order valence-electron chi connectivity index (χ4n) is 1.96. The minimum atomic E-state index is -0.584. The van der Waals surface area contributed by atoms with E-state index in [2.05, 4.69) is 29.4 Å². The minimum absolute atomic E-state index is 0.224. The van der Waals surface area contributed by atoms with Gasteiger partial charge in [0.2, 0.25) is 5.95 Å². The number of amides is 1. The lowest BCUT2D eigenvalue weighted by molar-refractivity contribution is 0.0952. The molecule has 1 aromatic heterocycles. The normalized spacial score (nSPS) is 11.9. The molecule has 0 bridgehead atoms. The molecule has 0 fully saturated rings. The van der Waals surface area contributed by atoms with Crippen LogP contribution in [-0.2, 0) is 0 Å². The molecular weight excluding hydrogens is 255 g/mol. The monoisotopic (exact) mass is 272 g/mol. The topological polar surface area (TPSA) is 42.0 Å². The number of carbonyl (C=O) groups excluding carboxylic acids is 1. The van der Waals surface area contributed by atoms with Crippen LogP contribution >= 0.6 is 0 Å². The van der Waals surface area contributed by atoms with E-state index in [1.54, 1.807) is 0 Å². The molecule has 1 aromatic carbocycles. The second kappa shape index (κ2) is 6.80. The number of carbonyl (C=O) groups is 1. The highest BCUT2D eigenvalue weighted by atomic mass is 19.1. The van der Waals surface area contributed by atoms with Crippen molar-refractivity contribution in [3.05, 3.63) is 65.7 Å².